The first kappa shape index (κ1) is 13.2. The lowest BCUT2D eigenvalue weighted by molar-refractivity contribution is 0.0728. The van der Waals surface area contributed by atoms with Gasteiger partial charge in [-0.1, -0.05) is 0 Å². The lowest BCUT2D eigenvalue weighted by Crippen LogP contribution is -2.36. The summed E-state index contributed by atoms with van der Waals surface area (Å²) in [5.74, 6) is 1.15. The highest BCUT2D eigenvalue weighted by Gasteiger charge is 2.24. The largest absolute Gasteiger partial charge is 0.454 e. The van der Waals surface area contributed by atoms with Crippen LogP contribution in [-0.2, 0) is 4.74 Å². The summed E-state index contributed by atoms with van der Waals surface area (Å²) in [7, 11) is 0. The van der Waals surface area contributed by atoms with Crippen molar-refractivity contribution >= 4 is 5.91 Å². The van der Waals surface area contributed by atoms with Gasteiger partial charge in [0.05, 0.1) is 13.2 Å². The molecule has 1 aromatic rings. The fourth-order valence-electron chi connectivity index (χ4n) is 2.39. The van der Waals surface area contributed by atoms with Gasteiger partial charge in [-0.2, -0.15) is 0 Å². The Hall–Kier alpha value is -1.79. The Kier molecular flexibility index (Phi) is 3.75. The molecule has 108 valence electrons. The number of aliphatic hydroxyl groups is 1. The predicted molar refractivity (Wildman–Crippen MR) is 69.9 cm³/mol. The standard InChI is InChI=1S/C14H17NO5/c16-7-10-6-15(3-4-18-8-10)14(17)11-1-2-12-13(5-11)20-9-19-12/h1-2,5,10,16H,3-4,6-9H2. The van der Waals surface area contributed by atoms with Gasteiger partial charge in [0.1, 0.15) is 0 Å². The number of benzene rings is 1. The van der Waals surface area contributed by atoms with Crippen LogP contribution in [0, 0.1) is 5.92 Å². The van der Waals surface area contributed by atoms with Crippen LogP contribution >= 0.6 is 0 Å². The van der Waals surface area contributed by atoms with Crippen molar-refractivity contribution in [2.75, 3.05) is 39.7 Å². The summed E-state index contributed by atoms with van der Waals surface area (Å²) in [5, 5.41) is 9.26. The lowest BCUT2D eigenvalue weighted by Gasteiger charge is -2.22. The third-order valence-corrected chi connectivity index (χ3v) is 3.50. The molecule has 1 atom stereocenters. The molecule has 1 amide bonds. The molecule has 3 rings (SSSR count). The Labute approximate surface area is 116 Å². The van der Waals surface area contributed by atoms with Gasteiger partial charge < -0.3 is 24.2 Å². The van der Waals surface area contributed by atoms with Gasteiger partial charge in [0.25, 0.3) is 5.91 Å². The number of hydrogen-bond donors (Lipinski definition) is 1. The minimum atomic E-state index is -0.0766. The molecule has 1 N–H and O–H groups in total. The highest BCUT2D eigenvalue weighted by Crippen LogP contribution is 2.32. The van der Waals surface area contributed by atoms with E-state index >= 15 is 0 Å². The van der Waals surface area contributed by atoms with E-state index in [0.717, 1.165) is 0 Å². The number of carbonyl (C=O) groups excluding carboxylic acids is 1. The Balaban J connectivity index is 1.77. The Morgan fingerprint density at radius 3 is 3.05 bits per heavy atom. The molecule has 1 saturated heterocycles. The number of nitrogens with zero attached hydrogens (tertiary/aromatic N) is 1. The fourth-order valence-corrected chi connectivity index (χ4v) is 2.39. The number of carbonyl (C=O) groups is 1. The van der Waals surface area contributed by atoms with Crippen molar-refractivity contribution in [2.45, 2.75) is 0 Å². The van der Waals surface area contributed by atoms with Crippen LogP contribution in [0.15, 0.2) is 18.2 Å². The zero-order valence-electron chi connectivity index (χ0n) is 11.1. The number of hydrogen-bond acceptors (Lipinski definition) is 5. The van der Waals surface area contributed by atoms with Crippen LogP contribution in [0.5, 0.6) is 11.5 Å². The molecule has 0 aromatic heterocycles. The van der Waals surface area contributed by atoms with E-state index in [1.165, 1.54) is 0 Å². The molecule has 2 aliphatic rings. The first-order valence-corrected chi connectivity index (χ1v) is 6.65. The van der Waals surface area contributed by atoms with E-state index in [1.54, 1.807) is 23.1 Å². The first-order valence-electron chi connectivity index (χ1n) is 6.65. The monoisotopic (exact) mass is 279 g/mol. The average molecular weight is 279 g/mol. The molecule has 0 bridgehead atoms. The molecular formula is C14H17NO5. The molecule has 6 nitrogen and oxygen atoms in total. The summed E-state index contributed by atoms with van der Waals surface area (Å²) in [5.41, 5.74) is 0.563. The zero-order chi connectivity index (χ0) is 13.9. The fraction of sp³-hybridized carbons (Fsp3) is 0.500. The maximum Gasteiger partial charge on any atom is 0.254 e. The summed E-state index contributed by atoms with van der Waals surface area (Å²) < 4.78 is 15.9. The smallest absolute Gasteiger partial charge is 0.254 e. The highest BCUT2D eigenvalue weighted by atomic mass is 16.7. The molecule has 2 heterocycles. The molecule has 0 spiro atoms. The quantitative estimate of drug-likeness (QED) is 0.853. The number of aliphatic hydroxyl groups excluding tert-OH is 1. The van der Waals surface area contributed by atoms with Crippen molar-refractivity contribution in [2.24, 2.45) is 5.92 Å². The van der Waals surface area contributed by atoms with Crippen molar-refractivity contribution in [3.63, 3.8) is 0 Å². The van der Waals surface area contributed by atoms with Gasteiger partial charge in [0.15, 0.2) is 11.5 Å². The Bertz CT molecular complexity index is 504. The molecule has 20 heavy (non-hydrogen) atoms. The van der Waals surface area contributed by atoms with Gasteiger partial charge >= 0.3 is 0 Å². The van der Waals surface area contributed by atoms with Crippen molar-refractivity contribution in [3.05, 3.63) is 23.8 Å². The Morgan fingerprint density at radius 2 is 2.20 bits per heavy atom. The zero-order valence-corrected chi connectivity index (χ0v) is 11.1. The van der Waals surface area contributed by atoms with E-state index in [2.05, 4.69) is 0 Å². The second-order valence-corrected chi connectivity index (χ2v) is 4.94. The highest BCUT2D eigenvalue weighted by molar-refractivity contribution is 5.95. The van der Waals surface area contributed by atoms with Crippen molar-refractivity contribution in [1.82, 2.24) is 4.90 Å². The van der Waals surface area contributed by atoms with Crippen LogP contribution in [0.4, 0.5) is 0 Å². The summed E-state index contributed by atoms with van der Waals surface area (Å²) in [6.07, 6.45) is 0. The summed E-state index contributed by atoms with van der Waals surface area (Å²) in [6.45, 7) is 2.23. The maximum absolute atomic E-state index is 12.5. The van der Waals surface area contributed by atoms with Crippen LogP contribution in [0.1, 0.15) is 10.4 Å². The maximum atomic E-state index is 12.5. The van der Waals surface area contributed by atoms with Crippen LogP contribution < -0.4 is 9.47 Å². The van der Waals surface area contributed by atoms with E-state index in [-0.39, 0.29) is 25.2 Å². The average Bonchev–Trinajstić information content (AvgIpc) is 2.81. The molecular weight excluding hydrogens is 262 g/mol. The minimum absolute atomic E-state index is 0.0188. The Morgan fingerprint density at radius 1 is 1.35 bits per heavy atom. The van der Waals surface area contributed by atoms with Crippen molar-refractivity contribution in [3.8, 4) is 11.5 Å². The van der Waals surface area contributed by atoms with Crippen LogP contribution in [0.2, 0.25) is 0 Å². The molecule has 1 unspecified atom stereocenters. The summed E-state index contributed by atoms with van der Waals surface area (Å²) in [6, 6.07) is 5.17. The van der Waals surface area contributed by atoms with E-state index < -0.39 is 0 Å². The summed E-state index contributed by atoms with van der Waals surface area (Å²) in [4.78, 5) is 14.2. The number of fused-ring (bicyclic) bond motifs is 1. The van der Waals surface area contributed by atoms with Gasteiger partial charge in [-0.15, -0.1) is 0 Å². The van der Waals surface area contributed by atoms with Crippen LogP contribution in [0.3, 0.4) is 0 Å². The number of rotatable bonds is 2. The van der Waals surface area contributed by atoms with E-state index in [9.17, 15) is 9.90 Å². The second-order valence-electron chi connectivity index (χ2n) is 4.94. The molecule has 0 aliphatic carbocycles. The van der Waals surface area contributed by atoms with Crippen LogP contribution in [0.25, 0.3) is 0 Å². The molecule has 2 aliphatic heterocycles. The predicted octanol–water partition coefficient (Wildman–Crippen LogP) is 0.496. The van der Waals surface area contributed by atoms with Gasteiger partial charge in [-0.3, -0.25) is 4.79 Å². The number of amides is 1. The molecule has 1 fully saturated rings. The topological polar surface area (TPSA) is 68.2 Å². The van der Waals surface area contributed by atoms with E-state index in [4.69, 9.17) is 14.2 Å². The van der Waals surface area contributed by atoms with Crippen molar-refractivity contribution in [1.29, 1.82) is 0 Å². The minimum Gasteiger partial charge on any atom is -0.454 e. The van der Waals surface area contributed by atoms with Crippen molar-refractivity contribution < 1.29 is 24.1 Å². The first-order chi connectivity index (χ1) is 9.78. The van der Waals surface area contributed by atoms with E-state index in [1.807, 2.05) is 0 Å². The van der Waals surface area contributed by atoms with Gasteiger partial charge in [0.2, 0.25) is 6.79 Å². The van der Waals surface area contributed by atoms with E-state index in [0.29, 0.717) is 43.4 Å². The molecule has 0 radical (unpaired) electrons. The SMILES string of the molecule is O=C(c1ccc2c(c1)OCO2)N1CCOCC(CO)C1. The number of ether oxygens (including phenoxy) is 3. The molecule has 6 heteroatoms. The van der Waals surface area contributed by atoms with Gasteiger partial charge in [-0.25, -0.2) is 0 Å². The normalized spacial score (nSPS) is 21.6. The van der Waals surface area contributed by atoms with Gasteiger partial charge in [0, 0.05) is 31.2 Å². The molecule has 0 saturated carbocycles. The van der Waals surface area contributed by atoms with Crippen LogP contribution in [-0.4, -0.2) is 55.6 Å². The molecule has 1 aromatic carbocycles. The summed E-state index contributed by atoms with van der Waals surface area (Å²) >= 11 is 0. The second kappa shape index (κ2) is 5.68. The lowest BCUT2D eigenvalue weighted by atomic mass is 10.1. The third kappa shape index (κ3) is 2.57. The van der Waals surface area contributed by atoms with Gasteiger partial charge in [-0.05, 0) is 18.2 Å². The third-order valence-electron chi connectivity index (χ3n) is 3.50.